The molecule has 3 heterocycles. The van der Waals surface area contributed by atoms with Crippen LogP contribution in [0.15, 0.2) is 24.3 Å². The van der Waals surface area contributed by atoms with Crippen molar-refractivity contribution in [1.29, 1.82) is 0 Å². The van der Waals surface area contributed by atoms with E-state index in [1.807, 2.05) is 24.3 Å². The molecule has 2 aliphatic heterocycles. The molecule has 4 heteroatoms. The van der Waals surface area contributed by atoms with Crippen LogP contribution >= 0.6 is 11.3 Å². The van der Waals surface area contributed by atoms with Gasteiger partial charge in [0.05, 0.1) is 4.88 Å². The zero-order valence-corrected chi connectivity index (χ0v) is 12.4. The minimum Gasteiger partial charge on any atom is -0.348 e. The Bertz CT molecular complexity index is 758. The maximum absolute atomic E-state index is 12.4. The van der Waals surface area contributed by atoms with Gasteiger partial charge in [-0.1, -0.05) is 5.92 Å². The number of amides is 1. The van der Waals surface area contributed by atoms with E-state index < -0.39 is 0 Å². The quantitative estimate of drug-likeness (QED) is 0.836. The fraction of sp³-hybridized carbons (Fsp3) is 0.353. The summed E-state index contributed by atoms with van der Waals surface area (Å²) in [7, 11) is 0. The van der Waals surface area contributed by atoms with Crippen molar-refractivity contribution < 1.29 is 4.79 Å². The van der Waals surface area contributed by atoms with Crippen LogP contribution in [0, 0.1) is 12.3 Å². The summed E-state index contributed by atoms with van der Waals surface area (Å²) < 4.78 is 1.13. The van der Waals surface area contributed by atoms with Crippen LogP contribution in [0.4, 0.5) is 0 Å². The lowest BCUT2D eigenvalue weighted by molar-refractivity contribution is 0.0931. The highest BCUT2D eigenvalue weighted by molar-refractivity contribution is 7.19. The lowest BCUT2D eigenvalue weighted by atomic mass is 9.95. The predicted molar refractivity (Wildman–Crippen MR) is 85.6 cm³/mol. The van der Waals surface area contributed by atoms with Crippen LogP contribution in [-0.4, -0.2) is 24.0 Å². The molecule has 2 aromatic rings. The summed E-state index contributed by atoms with van der Waals surface area (Å²) in [4.78, 5) is 13.3. The van der Waals surface area contributed by atoms with E-state index in [1.54, 1.807) is 11.3 Å². The molecule has 106 valence electrons. The van der Waals surface area contributed by atoms with E-state index in [4.69, 9.17) is 6.42 Å². The van der Waals surface area contributed by atoms with Crippen LogP contribution in [0.5, 0.6) is 0 Å². The molecule has 3 atom stereocenters. The molecule has 21 heavy (non-hydrogen) atoms. The maximum atomic E-state index is 12.4. The van der Waals surface area contributed by atoms with Gasteiger partial charge in [-0.05, 0) is 48.9 Å². The highest BCUT2D eigenvalue weighted by Gasteiger charge is 2.39. The van der Waals surface area contributed by atoms with Crippen LogP contribution < -0.4 is 10.6 Å². The summed E-state index contributed by atoms with van der Waals surface area (Å²) in [6, 6.07) is 9.09. The number of hydrogen-bond donors (Lipinski definition) is 2. The summed E-state index contributed by atoms with van der Waals surface area (Å²) in [5.74, 6) is 2.67. The summed E-state index contributed by atoms with van der Waals surface area (Å²) in [5, 5.41) is 7.76. The molecule has 4 rings (SSSR count). The number of fused-ring (bicyclic) bond motifs is 3. The van der Waals surface area contributed by atoms with Gasteiger partial charge >= 0.3 is 0 Å². The van der Waals surface area contributed by atoms with Crippen molar-refractivity contribution >= 4 is 27.3 Å². The average molecular weight is 296 g/mol. The second-order valence-electron chi connectivity index (χ2n) is 5.87. The highest BCUT2D eigenvalue weighted by atomic mass is 32.1. The molecule has 0 aliphatic carbocycles. The Balaban J connectivity index is 1.55. The second-order valence-corrected chi connectivity index (χ2v) is 6.95. The number of carbonyl (C=O) groups is 1. The average Bonchev–Trinajstić information content (AvgIpc) is 3.20. The third-order valence-electron chi connectivity index (χ3n) is 4.54. The molecule has 0 radical (unpaired) electrons. The van der Waals surface area contributed by atoms with Gasteiger partial charge in [0.25, 0.3) is 5.91 Å². The number of hydrogen-bond acceptors (Lipinski definition) is 3. The van der Waals surface area contributed by atoms with E-state index in [9.17, 15) is 4.79 Å². The van der Waals surface area contributed by atoms with E-state index in [0.717, 1.165) is 21.4 Å². The van der Waals surface area contributed by atoms with E-state index in [1.165, 1.54) is 12.8 Å². The largest absolute Gasteiger partial charge is 0.348 e. The smallest absolute Gasteiger partial charge is 0.251 e. The Morgan fingerprint density at radius 1 is 1.38 bits per heavy atom. The topological polar surface area (TPSA) is 41.1 Å². The van der Waals surface area contributed by atoms with Crippen molar-refractivity contribution in [2.45, 2.75) is 37.4 Å². The van der Waals surface area contributed by atoms with Gasteiger partial charge < -0.3 is 10.6 Å². The van der Waals surface area contributed by atoms with Gasteiger partial charge in [0.1, 0.15) is 0 Å². The van der Waals surface area contributed by atoms with E-state index >= 15 is 0 Å². The first-order valence-electron chi connectivity index (χ1n) is 7.30. The molecule has 2 saturated heterocycles. The van der Waals surface area contributed by atoms with Crippen molar-refractivity contribution in [3.8, 4) is 12.3 Å². The molecule has 2 bridgehead atoms. The second kappa shape index (κ2) is 4.87. The van der Waals surface area contributed by atoms with Crippen molar-refractivity contribution in [1.82, 2.24) is 10.6 Å². The number of rotatable bonds is 2. The third kappa shape index (κ3) is 2.23. The van der Waals surface area contributed by atoms with E-state index in [-0.39, 0.29) is 11.9 Å². The lowest BCUT2D eigenvalue weighted by Gasteiger charge is -2.21. The number of nitrogens with one attached hydrogen (secondary N) is 2. The van der Waals surface area contributed by atoms with Gasteiger partial charge in [0.2, 0.25) is 0 Å². The van der Waals surface area contributed by atoms with Crippen molar-refractivity contribution in [3.63, 3.8) is 0 Å². The lowest BCUT2D eigenvalue weighted by Crippen LogP contribution is -2.42. The summed E-state index contributed by atoms with van der Waals surface area (Å²) in [6.45, 7) is 0. The first kappa shape index (κ1) is 12.9. The summed E-state index contributed by atoms with van der Waals surface area (Å²) >= 11 is 1.58. The normalized spacial score (nSPS) is 26.9. The highest BCUT2D eigenvalue weighted by Crippen LogP contribution is 2.29. The summed E-state index contributed by atoms with van der Waals surface area (Å²) in [6.07, 6.45) is 8.90. The standard InChI is InChI=1S/C17H16N2OS/c1-2-13-8-11-7-10(3-6-16(11)21-13)17(20)19-15-9-12-4-5-14(15)18-12/h1,3,6-8,12,14-15,18H,4-5,9H2,(H,19,20)/t12-,14+,15-/m1/s1. The van der Waals surface area contributed by atoms with Crippen LogP contribution in [0.2, 0.25) is 0 Å². The monoisotopic (exact) mass is 296 g/mol. The molecule has 2 aliphatic rings. The van der Waals surface area contributed by atoms with Crippen molar-refractivity contribution in [2.75, 3.05) is 0 Å². The minimum atomic E-state index is 0.0182. The van der Waals surface area contributed by atoms with Gasteiger partial charge in [-0.2, -0.15) is 0 Å². The van der Waals surface area contributed by atoms with Crippen LogP contribution in [0.1, 0.15) is 34.5 Å². The molecule has 2 N–H and O–H groups in total. The zero-order chi connectivity index (χ0) is 14.4. The van der Waals surface area contributed by atoms with Crippen LogP contribution in [0.3, 0.4) is 0 Å². The fourth-order valence-corrected chi connectivity index (χ4v) is 4.34. The Morgan fingerprint density at radius 2 is 2.29 bits per heavy atom. The summed E-state index contributed by atoms with van der Waals surface area (Å²) in [5.41, 5.74) is 0.714. The van der Waals surface area contributed by atoms with Gasteiger partial charge in [0, 0.05) is 28.4 Å². The number of thiophene rings is 1. The number of benzene rings is 1. The molecular weight excluding hydrogens is 280 g/mol. The maximum Gasteiger partial charge on any atom is 0.251 e. The number of terminal acetylenes is 1. The van der Waals surface area contributed by atoms with E-state index in [2.05, 4.69) is 16.6 Å². The Hall–Kier alpha value is -1.83. The molecule has 2 fully saturated rings. The number of carbonyl (C=O) groups excluding carboxylic acids is 1. The van der Waals surface area contributed by atoms with E-state index in [0.29, 0.717) is 17.6 Å². The first-order valence-corrected chi connectivity index (χ1v) is 8.12. The Kier molecular flexibility index (Phi) is 2.99. The van der Waals surface area contributed by atoms with Gasteiger partial charge in [-0.25, -0.2) is 0 Å². The van der Waals surface area contributed by atoms with Crippen molar-refractivity contribution in [2.24, 2.45) is 0 Å². The van der Waals surface area contributed by atoms with Crippen LogP contribution in [-0.2, 0) is 0 Å². The molecule has 3 nitrogen and oxygen atoms in total. The molecule has 0 spiro atoms. The molecule has 0 unspecified atom stereocenters. The molecule has 1 amide bonds. The van der Waals surface area contributed by atoms with Crippen molar-refractivity contribution in [3.05, 3.63) is 34.7 Å². The van der Waals surface area contributed by atoms with Gasteiger partial charge in [0.15, 0.2) is 0 Å². The molecule has 1 aromatic heterocycles. The van der Waals surface area contributed by atoms with Gasteiger partial charge in [-0.3, -0.25) is 4.79 Å². The Labute approximate surface area is 127 Å². The SMILES string of the molecule is C#Cc1cc2cc(C(=O)N[C@@H]3C[C@H]4CC[C@@H]3N4)ccc2s1. The molecular formula is C17H16N2OS. The molecule has 1 aromatic carbocycles. The minimum absolute atomic E-state index is 0.0182. The third-order valence-corrected chi connectivity index (χ3v) is 5.58. The zero-order valence-electron chi connectivity index (χ0n) is 11.6. The Morgan fingerprint density at radius 3 is 3.00 bits per heavy atom. The fourth-order valence-electron chi connectivity index (χ4n) is 3.49. The first-order chi connectivity index (χ1) is 10.2. The van der Waals surface area contributed by atoms with Crippen LogP contribution in [0.25, 0.3) is 10.1 Å². The van der Waals surface area contributed by atoms with Gasteiger partial charge in [-0.15, -0.1) is 17.8 Å². The molecule has 0 saturated carbocycles. The predicted octanol–water partition coefficient (Wildman–Crippen LogP) is 2.51.